The molecule has 2 rings (SSSR count). The Balaban J connectivity index is 2.78. The van der Waals surface area contributed by atoms with Gasteiger partial charge in [-0.1, -0.05) is 34.8 Å². The van der Waals surface area contributed by atoms with E-state index < -0.39 is 21.8 Å². The topological polar surface area (TPSA) is 71.0 Å². The van der Waals surface area contributed by atoms with Crippen LogP contribution in [0.4, 0.5) is 19.0 Å². The molecule has 0 aliphatic rings. The van der Waals surface area contributed by atoms with Gasteiger partial charge in [-0.15, -0.1) is 4.36 Å². The zero-order valence-electron chi connectivity index (χ0n) is 10.5. The maximum absolute atomic E-state index is 12.7. The number of aromatic nitrogens is 2. The lowest BCUT2D eigenvalue weighted by atomic mass is 10.2. The van der Waals surface area contributed by atoms with Crippen LogP contribution < -0.4 is 0 Å². The van der Waals surface area contributed by atoms with Crippen molar-refractivity contribution >= 4 is 52.1 Å². The fourth-order valence-corrected chi connectivity index (χ4v) is 2.80. The van der Waals surface area contributed by atoms with E-state index in [1.807, 2.05) is 0 Å². The molecule has 0 N–H and O–H groups in total. The molecular weight excluding hydrogens is 400 g/mol. The van der Waals surface area contributed by atoms with Gasteiger partial charge in [0.1, 0.15) is 16.8 Å². The van der Waals surface area contributed by atoms with Gasteiger partial charge in [0.25, 0.3) is 0 Å². The van der Waals surface area contributed by atoms with Gasteiger partial charge in [0.15, 0.2) is 11.5 Å². The highest BCUT2D eigenvalue weighted by Gasteiger charge is 2.33. The highest BCUT2D eigenvalue weighted by Crippen LogP contribution is 2.40. The van der Waals surface area contributed by atoms with E-state index in [0.29, 0.717) is 12.1 Å². The minimum Gasteiger partial charge on any atom is -0.208 e. The molecule has 0 aliphatic carbocycles. The fourth-order valence-electron chi connectivity index (χ4n) is 1.66. The Labute approximate surface area is 145 Å². The van der Waals surface area contributed by atoms with Crippen LogP contribution in [0.3, 0.4) is 0 Å². The van der Waals surface area contributed by atoms with E-state index >= 15 is 0 Å². The lowest BCUT2D eigenvalue weighted by Gasteiger charge is -2.12. The first kappa shape index (κ1) is 17.7. The Kier molecular flexibility index (Phi) is 5.01. The summed E-state index contributed by atoms with van der Waals surface area (Å²) in [5.41, 5.74) is -1.53. The van der Waals surface area contributed by atoms with Crippen molar-refractivity contribution in [2.75, 3.05) is 0 Å². The molecule has 23 heavy (non-hydrogen) atoms. The molecule has 0 fully saturated rings. The summed E-state index contributed by atoms with van der Waals surface area (Å²) >= 11 is 17.3. The number of benzene rings is 1. The van der Waals surface area contributed by atoms with Gasteiger partial charge in [0.2, 0.25) is 11.5 Å². The van der Waals surface area contributed by atoms with Gasteiger partial charge in [-0.05, 0) is 12.1 Å². The van der Waals surface area contributed by atoms with Gasteiger partial charge in [-0.3, -0.25) is 0 Å². The molecule has 12 heteroatoms. The molecular formula is C11H2Cl3F3N4OS. The molecule has 0 saturated carbocycles. The van der Waals surface area contributed by atoms with Crippen LogP contribution >= 0.6 is 34.8 Å². The van der Waals surface area contributed by atoms with Crippen molar-refractivity contribution in [2.45, 2.75) is 6.18 Å². The zero-order chi connectivity index (χ0) is 17.4. The van der Waals surface area contributed by atoms with Crippen LogP contribution in [0.5, 0.6) is 0 Å². The Bertz CT molecular complexity index is 861. The minimum atomic E-state index is -4.65. The summed E-state index contributed by atoms with van der Waals surface area (Å²) in [5, 5.41) is 11.6. The van der Waals surface area contributed by atoms with Gasteiger partial charge >= 0.3 is 6.18 Å². The number of nitriles is 1. The third-order valence-electron chi connectivity index (χ3n) is 2.59. The van der Waals surface area contributed by atoms with Crippen LogP contribution in [0, 0.1) is 11.3 Å². The van der Waals surface area contributed by atoms with Gasteiger partial charge in [0.05, 0.1) is 15.6 Å². The maximum Gasteiger partial charge on any atom is 0.416 e. The van der Waals surface area contributed by atoms with Crippen LogP contribution in [0.2, 0.25) is 15.1 Å². The van der Waals surface area contributed by atoms with Crippen molar-refractivity contribution < 1.29 is 17.4 Å². The monoisotopic (exact) mass is 400 g/mol. The van der Waals surface area contributed by atoms with Crippen LogP contribution in [0.25, 0.3) is 5.69 Å². The smallest absolute Gasteiger partial charge is 0.208 e. The molecule has 120 valence electrons. The lowest BCUT2D eigenvalue weighted by molar-refractivity contribution is -0.137. The van der Waals surface area contributed by atoms with Crippen molar-refractivity contribution in [3.8, 4) is 11.8 Å². The summed E-state index contributed by atoms with van der Waals surface area (Å²) in [7, 11) is 0. The van der Waals surface area contributed by atoms with E-state index in [0.717, 1.165) is 4.68 Å². The number of alkyl halides is 3. The quantitative estimate of drug-likeness (QED) is 0.729. The third-order valence-corrected chi connectivity index (χ3v) is 3.76. The summed E-state index contributed by atoms with van der Waals surface area (Å²) in [4.78, 5) is 0. The van der Waals surface area contributed by atoms with Crippen LogP contribution in [-0.4, -0.2) is 14.0 Å². The maximum atomic E-state index is 12.7. The van der Waals surface area contributed by atoms with Crippen LogP contribution in [0.1, 0.15) is 11.3 Å². The summed E-state index contributed by atoms with van der Waals surface area (Å²) in [6.45, 7) is 0. The molecule has 0 aliphatic heterocycles. The largest absolute Gasteiger partial charge is 0.416 e. The van der Waals surface area contributed by atoms with Crippen LogP contribution in [-0.2, 0) is 17.6 Å². The predicted octanol–water partition coefficient (Wildman–Crippen LogP) is 4.75. The van der Waals surface area contributed by atoms with Crippen molar-refractivity contribution in [1.29, 1.82) is 5.26 Å². The first-order valence-corrected chi connectivity index (χ1v) is 7.29. The molecule has 0 amide bonds. The molecule has 0 bridgehead atoms. The van der Waals surface area contributed by atoms with Gasteiger partial charge in [-0.25, -0.2) is 4.68 Å². The second-order valence-corrected chi connectivity index (χ2v) is 5.49. The standard InChI is InChI=1S/C11H2Cl3F3N4OS/c12-5-1-4(11(15,16)17)2-6(13)9(5)21-10(20-23-22)8(14)7(3-18)19-21/h1-2H. The second kappa shape index (κ2) is 6.49. The van der Waals surface area contributed by atoms with Crippen molar-refractivity contribution in [1.82, 2.24) is 9.78 Å². The van der Waals surface area contributed by atoms with Gasteiger partial charge < -0.3 is 0 Å². The van der Waals surface area contributed by atoms with Crippen molar-refractivity contribution in [3.05, 3.63) is 38.5 Å². The number of hydrogen-bond donors (Lipinski definition) is 0. The number of halogens is 6. The third kappa shape index (κ3) is 3.35. The first-order chi connectivity index (χ1) is 10.7. The average molecular weight is 402 g/mol. The van der Waals surface area contributed by atoms with Gasteiger partial charge in [0, 0.05) is 0 Å². The highest BCUT2D eigenvalue weighted by molar-refractivity contribution is 7.54. The first-order valence-electron chi connectivity index (χ1n) is 5.46. The average Bonchev–Trinajstić information content (AvgIpc) is 2.75. The van der Waals surface area contributed by atoms with Gasteiger partial charge in [-0.2, -0.15) is 27.7 Å². The van der Waals surface area contributed by atoms with E-state index in [1.165, 1.54) is 0 Å². The van der Waals surface area contributed by atoms with E-state index in [1.54, 1.807) is 6.07 Å². The minimum absolute atomic E-state index is 0.183. The summed E-state index contributed by atoms with van der Waals surface area (Å²) in [6.07, 6.45) is -4.65. The van der Waals surface area contributed by atoms with Crippen molar-refractivity contribution in [3.63, 3.8) is 0 Å². The Hall–Kier alpha value is -1.60. The summed E-state index contributed by atoms with van der Waals surface area (Å²) < 4.78 is 53.1. The van der Waals surface area contributed by atoms with E-state index in [2.05, 4.69) is 9.46 Å². The fraction of sp³-hybridized carbons (Fsp3) is 0.0909. The van der Waals surface area contributed by atoms with Crippen LogP contribution in [0.15, 0.2) is 16.5 Å². The Morgan fingerprint density at radius 3 is 2.26 bits per heavy atom. The predicted molar refractivity (Wildman–Crippen MR) is 78.5 cm³/mol. The van der Waals surface area contributed by atoms with E-state index in [-0.39, 0.29) is 33.7 Å². The second-order valence-electron chi connectivity index (χ2n) is 3.96. The highest BCUT2D eigenvalue weighted by atomic mass is 35.5. The lowest BCUT2D eigenvalue weighted by Crippen LogP contribution is -2.07. The van der Waals surface area contributed by atoms with Crippen molar-refractivity contribution in [2.24, 2.45) is 4.36 Å². The SMILES string of the molecule is N#Cc1nn(-c2c(Cl)cc(C(F)(F)F)cc2Cl)c(N=S=O)c1Cl. The molecule has 2 aromatic rings. The molecule has 0 radical (unpaired) electrons. The number of hydrogen-bond acceptors (Lipinski definition) is 4. The molecule has 1 aromatic carbocycles. The zero-order valence-corrected chi connectivity index (χ0v) is 13.6. The van der Waals surface area contributed by atoms with E-state index in [9.17, 15) is 17.4 Å². The summed E-state index contributed by atoms with van der Waals surface area (Å²) in [6, 6.07) is 2.93. The normalized spacial score (nSPS) is 11.2. The summed E-state index contributed by atoms with van der Waals surface area (Å²) in [5.74, 6) is -0.258. The number of rotatable bonds is 2. The molecule has 5 nitrogen and oxygen atoms in total. The molecule has 1 aromatic heterocycles. The van der Waals surface area contributed by atoms with E-state index in [4.69, 9.17) is 40.1 Å². The Morgan fingerprint density at radius 2 is 1.83 bits per heavy atom. The molecule has 1 heterocycles. The Morgan fingerprint density at radius 1 is 1.26 bits per heavy atom. The molecule has 0 atom stereocenters. The molecule has 0 unspecified atom stereocenters. The number of nitrogens with zero attached hydrogens (tertiary/aromatic N) is 4. The molecule has 0 spiro atoms. The molecule has 0 saturated heterocycles.